The van der Waals surface area contributed by atoms with Gasteiger partial charge in [-0.3, -0.25) is 14.5 Å². The minimum absolute atomic E-state index is 0.0236. The number of aromatic nitrogens is 2. The molecular weight excluding hydrogens is 406 g/mol. The van der Waals surface area contributed by atoms with Crippen LogP contribution in [0.5, 0.6) is 0 Å². The average Bonchev–Trinajstić information content (AvgIpc) is 3.19. The molecule has 30 heavy (non-hydrogen) atoms. The molecule has 0 saturated carbocycles. The Hall–Kier alpha value is -1.62. The van der Waals surface area contributed by atoms with Gasteiger partial charge in [0.2, 0.25) is 16.9 Å². The first-order chi connectivity index (χ1) is 14.6. The van der Waals surface area contributed by atoms with Crippen LogP contribution >= 0.6 is 11.3 Å². The Morgan fingerprint density at radius 1 is 1.07 bits per heavy atom. The van der Waals surface area contributed by atoms with Crippen molar-refractivity contribution in [2.75, 3.05) is 57.9 Å². The van der Waals surface area contributed by atoms with Crippen molar-refractivity contribution in [3.05, 3.63) is 5.01 Å². The Bertz CT molecular complexity index is 686. The van der Waals surface area contributed by atoms with Gasteiger partial charge < -0.3 is 20.1 Å². The Morgan fingerprint density at radius 3 is 2.50 bits per heavy atom. The third kappa shape index (κ3) is 7.26. The Kier molecular flexibility index (Phi) is 8.98. The lowest BCUT2D eigenvalue weighted by atomic mass is 9.79. The van der Waals surface area contributed by atoms with Crippen molar-refractivity contribution in [2.45, 2.75) is 45.4 Å². The van der Waals surface area contributed by atoms with Crippen molar-refractivity contribution >= 4 is 28.3 Å². The zero-order valence-electron chi connectivity index (χ0n) is 17.8. The predicted octanol–water partition coefficient (Wildman–Crippen LogP) is 1.45. The van der Waals surface area contributed by atoms with Gasteiger partial charge >= 0.3 is 0 Å². The second-order valence-corrected chi connectivity index (χ2v) is 9.14. The molecule has 1 aromatic heterocycles. The standard InChI is InChI=1S/C20H33N5O4S/c1-2-3-18-23-24-19(30-18)22-17(27)5-4-16(26)21-14-20(6-10-28-11-7-20)15-25-8-12-29-13-9-25/h2-15H2,1H3,(H,21,26)(H,22,24,27). The summed E-state index contributed by atoms with van der Waals surface area (Å²) in [5.74, 6) is -0.305. The summed E-state index contributed by atoms with van der Waals surface area (Å²) >= 11 is 1.38. The van der Waals surface area contributed by atoms with Crippen LogP contribution in [-0.2, 0) is 25.5 Å². The highest BCUT2D eigenvalue weighted by Crippen LogP contribution is 2.31. The van der Waals surface area contributed by atoms with Crippen LogP contribution in [0.4, 0.5) is 5.13 Å². The van der Waals surface area contributed by atoms with Gasteiger partial charge in [-0.2, -0.15) is 0 Å². The van der Waals surface area contributed by atoms with Gasteiger partial charge in [-0.25, -0.2) is 0 Å². The summed E-state index contributed by atoms with van der Waals surface area (Å²) in [7, 11) is 0. The predicted molar refractivity (Wildman–Crippen MR) is 115 cm³/mol. The van der Waals surface area contributed by atoms with E-state index in [1.807, 2.05) is 0 Å². The Morgan fingerprint density at radius 2 is 1.77 bits per heavy atom. The van der Waals surface area contributed by atoms with E-state index in [9.17, 15) is 9.59 Å². The zero-order chi connectivity index (χ0) is 21.2. The number of ether oxygens (including phenoxy) is 2. The minimum atomic E-state index is -0.210. The molecule has 2 fully saturated rings. The van der Waals surface area contributed by atoms with Crippen LogP contribution in [0.25, 0.3) is 0 Å². The van der Waals surface area contributed by atoms with Gasteiger partial charge in [0.1, 0.15) is 5.01 Å². The molecule has 2 aliphatic rings. The van der Waals surface area contributed by atoms with E-state index in [0.29, 0.717) is 11.7 Å². The van der Waals surface area contributed by atoms with Gasteiger partial charge in [0, 0.05) is 64.1 Å². The first kappa shape index (κ1) is 23.1. The lowest BCUT2D eigenvalue weighted by Crippen LogP contribution is -2.50. The lowest BCUT2D eigenvalue weighted by molar-refractivity contribution is -0.125. The molecule has 2 amide bonds. The highest BCUT2D eigenvalue weighted by molar-refractivity contribution is 7.15. The number of carbonyl (C=O) groups excluding carboxylic acids is 2. The lowest BCUT2D eigenvalue weighted by Gasteiger charge is -2.42. The monoisotopic (exact) mass is 439 g/mol. The molecule has 0 radical (unpaired) electrons. The molecule has 0 spiro atoms. The molecule has 2 saturated heterocycles. The summed E-state index contributed by atoms with van der Waals surface area (Å²) in [5, 5.41) is 15.2. The quantitative estimate of drug-likeness (QED) is 0.568. The van der Waals surface area contributed by atoms with Crippen LogP contribution in [-0.4, -0.2) is 79.5 Å². The maximum atomic E-state index is 12.4. The largest absolute Gasteiger partial charge is 0.381 e. The SMILES string of the molecule is CCCc1nnc(NC(=O)CCC(=O)NCC2(CN3CCOCC3)CCOCC2)s1. The van der Waals surface area contributed by atoms with E-state index in [-0.39, 0.29) is 30.1 Å². The summed E-state index contributed by atoms with van der Waals surface area (Å²) < 4.78 is 11.0. The Balaban J connectivity index is 1.41. The van der Waals surface area contributed by atoms with Crippen molar-refractivity contribution in [3.63, 3.8) is 0 Å². The molecule has 0 atom stereocenters. The van der Waals surface area contributed by atoms with E-state index < -0.39 is 0 Å². The third-order valence-corrected chi connectivity index (χ3v) is 6.53. The van der Waals surface area contributed by atoms with Crippen molar-refractivity contribution in [2.24, 2.45) is 5.41 Å². The zero-order valence-corrected chi connectivity index (χ0v) is 18.6. The van der Waals surface area contributed by atoms with Crippen LogP contribution < -0.4 is 10.6 Å². The van der Waals surface area contributed by atoms with Crippen LogP contribution in [0.1, 0.15) is 44.0 Å². The molecule has 10 heteroatoms. The molecule has 0 aliphatic carbocycles. The molecule has 0 unspecified atom stereocenters. The number of nitrogens with one attached hydrogen (secondary N) is 2. The maximum absolute atomic E-state index is 12.4. The molecule has 9 nitrogen and oxygen atoms in total. The smallest absolute Gasteiger partial charge is 0.226 e. The summed E-state index contributed by atoms with van der Waals surface area (Å²) in [4.78, 5) is 26.9. The fourth-order valence-electron chi connectivity index (χ4n) is 3.83. The third-order valence-electron chi connectivity index (χ3n) is 5.63. The number of morpholine rings is 1. The van der Waals surface area contributed by atoms with Gasteiger partial charge in [0.15, 0.2) is 0 Å². The van der Waals surface area contributed by atoms with Gasteiger partial charge in [0.05, 0.1) is 13.2 Å². The highest BCUT2D eigenvalue weighted by Gasteiger charge is 2.35. The number of aryl methyl sites for hydroxylation is 1. The van der Waals surface area contributed by atoms with E-state index in [1.54, 1.807) is 0 Å². The van der Waals surface area contributed by atoms with Crippen LogP contribution in [0.15, 0.2) is 0 Å². The van der Waals surface area contributed by atoms with Gasteiger partial charge in [-0.05, 0) is 19.3 Å². The molecule has 0 bridgehead atoms. The summed E-state index contributed by atoms with van der Waals surface area (Å²) in [5.41, 5.74) is 0.0236. The Labute approximate surface area is 181 Å². The van der Waals surface area contributed by atoms with E-state index >= 15 is 0 Å². The molecule has 0 aromatic carbocycles. The van der Waals surface area contributed by atoms with Gasteiger partial charge in [0.25, 0.3) is 0 Å². The molecule has 168 valence electrons. The summed E-state index contributed by atoms with van der Waals surface area (Å²) in [6.45, 7) is 8.48. The van der Waals surface area contributed by atoms with Gasteiger partial charge in [-0.1, -0.05) is 18.3 Å². The fourth-order valence-corrected chi connectivity index (χ4v) is 4.69. The normalized spacial score (nSPS) is 19.4. The second kappa shape index (κ2) is 11.7. The number of carbonyl (C=O) groups is 2. The second-order valence-electron chi connectivity index (χ2n) is 8.08. The molecule has 2 N–H and O–H groups in total. The highest BCUT2D eigenvalue weighted by atomic mass is 32.1. The molecule has 3 heterocycles. The van der Waals surface area contributed by atoms with E-state index in [0.717, 1.165) is 76.8 Å². The fraction of sp³-hybridized carbons (Fsp3) is 0.800. The van der Waals surface area contributed by atoms with Crippen molar-refractivity contribution in [1.29, 1.82) is 0 Å². The van der Waals surface area contributed by atoms with Crippen LogP contribution in [0, 0.1) is 5.41 Å². The number of amides is 2. The van der Waals surface area contributed by atoms with E-state index in [2.05, 4.69) is 32.7 Å². The first-order valence-corrected chi connectivity index (χ1v) is 11.7. The number of nitrogens with zero attached hydrogens (tertiary/aromatic N) is 3. The van der Waals surface area contributed by atoms with Gasteiger partial charge in [-0.15, -0.1) is 10.2 Å². The average molecular weight is 440 g/mol. The van der Waals surface area contributed by atoms with Crippen LogP contribution in [0.2, 0.25) is 0 Å². The maximum Gasteiger partial charge on any atom is 0.226 e. The van der Waals surface area contributed by atoms with E-state index in [1.165, 1.54) is 11.3 Å². The summed E-state index contributed by atoms with van der Waals surface area (Å²) in [6, 6.07) is 0. The molecule has 1 aromatic rings. The number of hydrogen-bond donors (Lipinski definition) is 2. The minimum Gasteiger partial charge on any atom is -0.381 e. The number of anilines is 1. The van der Waals surface area contributed by atoms with E-state index in [4.69, 9.17) is 9.47 Å². The van der Waals surface area contributed by atoms with Crippen molar-refractivity contribution < 1.29 is 19.1 Å². The number of rotatable bonds is 10. The topological polar surface area (TPSA) is 106 Å². The van der Waals surface area contributed by atoms with Crippen molar-refractivity contribution in [3.8, 4) is 0 Å². The molecular formula is C20H33N5O4S. The number of hydrogen-bond acceptors (Lipinski definition) is 8. The van der Waals surface area contributed by atoms with Crippen molar-refractivity contribution in [1.82, 2.24) is 20.4 Å². The summed E-state index contributed by atoms with van der Waals surface area (Å²) in [6.07, 6.45) is 4.00. The molecule has 2 aliphatic heterocycles. The molecule has 3 rings (SSSR count). The van der Waals surface area contributed by atoms with Crippen LogP contribution in [0.3, 0.4) is 0 Å². The first-order valence-electron chi connectivity index (χ1n) is 10.9.